The van der Waals surface area contributed by atoms with Crippen molar-refractivity contribution in [2.45, 2.75) is 18.4 Å². The molecule has 29 heavy (non-hydrogen) atoms. The average molecular weight is 428 g/mol. The molecule has 1 aliphatic rings. The van der Waals surface area contributed by atoms with Crippen molar-refractivity contribution in [1.82, 2.24) is 20.9 Å². The maximum Gasteiger partial charge on any atom is 0.266 e. The van der Waals surface area contributed by atoms with Gasteiger partial charge in [0.15, 0.2) is 16.6 Å². The number of nitrogens with one attached hydrogen (secondary N) is 2. The van der Waals surface area contributed by atoms with E-state index in [9.17, 15) is 18.0 Å². The first-order valence-corrected chi connectivity index (χ1v) is 9.65. The Hall–Kier alpha value is -2.60. The average Bonchev–Trinajstić information content (AvgIpc) is 3.13. The van der Waals surface area contributed by atoms with Crippen molar-refractivity contribution in [3.63, 3.8) is 0 Å². The normalized spacial score (nSPS) is 16.0. The molecule has 1 aromatic heterocycles. The van der Waals surface area contributed by atoms with Crippen molar-refractivity contribution in [2.75, 3.05) is 25.4 Å². The number of hydrogen-bond acceptors (Lipinski definition) is 7. The van der Waals surface area contributed by atoms with Crippen LogP contribution in [0.4, 0.5) is 18.9 Å². The lowest BCUT2D eigenvalue weighted by Crippen LogP contribution is -2.59. The van der Waals surface area contributed by atoms with Crippen molar-refractivity contribution in [3.05, 3.63) is 35.3 Å². The van der Waals surface area contributed by atoms with Crippen LogP contribution >= 0.6 is 11.8 Å². The summed E-state index contributed by atoms with van der Waals surface area (Å²) in [6, 6.07) is 3.03. The second-order valence-electron chi connectivity index (χ2n) is 6.69. The van der Waals surface area contributed by atoms with Gasteiger partial charge in [-0.3, -0.25) is 4.79 Å². The van der Waals surface area contributed by atoms with Crippen LogP contribution in [0, 0.1) is 11.2 Å². The molecule has 0 saturated carbocycles. The van der Waals surface area contributed by atoms with Crippen molar-refractivity contribution in [2.24, 2.45) is 16.1 Å². The van der Waals surface area contributed by atoms with Crippen LogP contribution in [0.5, 0.6) is 0 Å². The molecular weight excluding hydrogens is 409 g/mol. The monoisotopic (exact) mass is 428 g/mol. The molecule has 0 aliphatic carbocycles. The highest BCUT2D eigenvalue weighted by atomic mass is 32.2. The Morgan fingerprint density at radius 2 is 2.21 bits per heavy atom. The topological polar surface area (TPSA) is 118 Å². The minimum Gasteiger partial charge on any atom is -0.382 e. The van der Waals surface area contributed by atoms with E-state index in [1.54, 1.807) is 0 Å². The van der Waals surface area contributed by atoms with E-state index in [1.807, 2.05) is 6.92 Å². The summed E-state index contributed by atoms with van der Waals surface area (Å²) in [6.45, 7) is 3.58. The second-order valence-corrected chi connectivity index (χ2v) is 7.77. The predicted octanol–water partition coefficient (Wildman–Crippen LogP) is 2.00. The second kappa shape index (κ2) is 8.82. The third-order valence-electron chi connectivity index (χ3n) is 4.37. The van der Waals surface area contributed by atoms with Crippen LogP contribution in [0.1, 0.15) is 24.6 Å². The highest BCUT2D eigenvalue weighted by molar-refractivity contribution is 7.99. The third-order valence-corrected chi connectivity index (χ3v) is 5.32. The summed E-state index contributed by atoms with van der Waals surface area (Å²) in [5.41, 5.74) is 4.93. The third kappa shape index (κ3) is 4.88. The molecule has 12 heteroatoms. The number of amidine groups is 1. The van der Waals surface area contributed by atoms with Gasteiger partial charge < -0.3 is 16.4 Å². The summed E-state index contributed by atoms with van der Waals surface area (Å²) in [5, 5.41) is 13.7. The van der Waals surface area contributed by atoms with Crippen LogP contribution in [0.25, 0.3) is 0 Å². The number of amides is 1. The summed E-state index contributed by atoms with van der Waals surface area (Å²) in [7, 11) is 0. The first kappa shape index (κ1) is 21.1. The molecule has 0 bridgehead atoms. The lowest BCUT2D eigenvalue weighted by atomic mass is 9.83. The maximum absolute atomic E-state index is 13.4. The zero-order chi connectivity index (χ0) is 21.0. The standard InChI is InChI=1S/C17H19F3N6O2S/c1-17(7-22-8-17)16(27)23-4-5-29-15-12(25-28-26-15)14(21)24-9-2-3-11(18)10(6-9)13(19)20/h2-3,6,13,22H,4-5,7-8H2,1H3,(H2,21,24)(H,23,27). The van der Waals surface area contributed by atoms with E-state index in [-0.39, 0.29) is 28.5 Å². The molecular formula is C17H19F3N6O2S. The quantitative estimate of drug-likeness (QED) is 0.255. The van der Waals surface area contributed by atoms with Crippen LogP contribution in [0.2, 0.25) is 0 Å². The smallest absolute Gasteiger partial charge is 0.266 e. The fourth-order valence-electron chi connectivity index (χ4n) is 2.58. The molecule has 4 N–H and O–H groups in total. The Bertz CT molecular complexity index is 916. The van der Waals surface area contributed by atoms with Crippen LogP contribution < -0.4 is 16.4 Å². The molecule has 2 heterocycles. The lowest BCUT2D eigenvalue weighted by molar-refractivity contribution is -0.132. The maximum atomic E-state index is 13.4. The van der Waals surface area contributed by atoms with Crippen LogP contribution in [-0.2, 0) is 4.79 Å². The summed E-state index contributed by atoms with van der Waals surface area (Å²) in [5.74, 6) is -0.679. The van der Waals surface area contributed by atoms with Gasteiger partial charge >= 0.3 is 0 Å². The molecule has 0 atom stereocenters. The lowest BCUT2D eigenvalue weighted by Gasteiger charge is -2.37. The molecule has 0 radical (unpaired) electrons. The van der Waals surface area contributed by atoms with Gasteiger partial charge in [0.05, 0.1) is 16.7 Å². The number of carbonyl (C=O) groups is 1. The number of aromatic nitrogens is 2. The minimum absolute atomic E-state index is 0.0254. The van der Waals surface area contributed by atoms with Crippen molar-refractivity contribution >= 4 is 29.2 Å². The number of alkyl halides is 2. The summed E-state index contributed by atoms with van der Waals surface area (Å²) in [4.78, 5) is 16.1. The molecule has 1 aliphatic heterocycles. The van der Waals surface area contributed by atoms with Crippen molar-refractivity contribution in [1.29, 1.82) is 0 Å². The van der Waals surface area contributed by atoms with Crippen molar-refractivity contribution < 1.29 is 22.6 Å². The number of benzene rings is 1. The van der Waals surface area contributed by atoms with Crippen LogP contribution in [0.15, 0.2) is 32.8 Å². The van der Waals surface area contributed by atoms with Gasteiger partial charge in [0.2, 0.25) is 5.91 Å². The summed E-state index contributed by atoms with van der Waals surface area (Å²) >= 11 is 1.24. The number of rotatable bonds is 8. The van der Waals surface area contributed by atoms with E-state index in [0.29, 0.717) is 30.4 Å². The van der Waals surface area contributed by atoms with Gasteiger partial charge in [-0.25, -0.2) is 22.8 Å². The molecule has 0 unspecified atom stereocenters. The number of nitrogens with zero attached hydrogens (tertiary/aromatic N) is 3. The largest absolute Gasteiger partial charge is 0.382 e. The van der Waals surface area contributed by atoms with E-state index < -0.39 is 17.8 Å². The Kier molecular flexibility index (Phi) is 6.42. The van der Waals surface area contributed by atoms with Crippen molar-refractivity contribution in [3.8, 4) is 0 Å². The highest BCUT2D eigenvalue weighted by Gasteiger charge is 2.38. The van der Waals surface area contributed by atoms with Gasteiger partial charge in [-0.05, 0) is 35.4 Å². The van der Waals surface area contributed by atoms with Crippen LogP contribution in [-0.4, -0.2) is 47.4 Å². The van der Waals surface area contributed by atoms with E-state index >= 15 is 0 Å². The number of hydrogen-bond donors (Lipinski definition) is 3. The van der Waals surface area contributed by atoms with Gasteiger partial charge in [0, 0.05) is 25.4 Å². The van der Waals surface area contributed by atoms with Gasteiger partial charge in [0.1, 0.15) is 5.82 Å². The highest BCUT2D eigenvalue weighted by Crippen LogP contribution is 2.27. The molecule has 1 aromatic carbocycles. The molecule has 1 fully saturated rings. The minimum atomic E-state index is -2.97. The van der Waals surface area contributed by atoms with E-state index in [4.69, 9.17) is 5.73 Å². The van der Waals surface area contributed by atoms with Gasteiger partial charge in [-0.1, -0.05) is 11.8 Å². The Balaban J connectivity index is 1.61. The van der Waals surface area contributed by atoms with Gasteiger partial charge in [-0.15, -0.1) is 0 Å². The fraction of sp³-hybridized carbons (Fsp3) is 0.412. The molecule has 0 spiro atoms. The van der Waals surface area contributed by atoms with Gasteiger partial charge in [-0.2, -0.15) is 0 Å². The Morgan fingerprint density at radius 1 is 1.45 bits per heavy atom. The number of aliphatic imine (C=N–C) groups is 1. The molecule has 3 rings (SSSR count). The van der Waals surface area contributed by atoms with E-state index in [1.165, 1.54) is 17.8 Å². The number of halogens is 3. The molecule has 2 aromatic rings. The number of thioether (sulfide) groups is 1. The Morgan fingerprint density at radius 3 is 2.86 bits per heavy atom. The zero-order valence-corrected chi connectivity index (χ0v) is 16.2. The van der Waals surface area contributed by atoms with Gasteiger partial charge in [0.25, 0.3) is 6.43 Å². The predicted molar refractivity (Wildman–Crippen MR) is 101 cm³/mol. The number of carbonyl (C=O) groups excluding carboxylic acids is 1. The summed E-state index contributed by atoms with van der Waals surface area (Å²) in [6.07, 6.45) is -2.97. The SMILES string of the molecule is CC1(C(=O)NCCSc2nonc2C(N)=Nc2ccc(F)c(C(F)F)c2)CNC1. The summed E-state index contributed by atoms with van der Waals surface area (Å²) < 4.78 is 43.7. The Labute approximate surface area is 168 Å². The number of nitrogens with two attached hydrogens (primary N) is 1. The van der Waals surface area contributed by atoms with E-state index in [2.05, 4.69) is 30.6 Å². The first-order chi connectivity index (χ1) is 13.8. The molecule has 1 saturated heterocycles. The molecule has 8 nitrogen and oxygen atoms in total. The fourth-order valence-corrected chi connectivity index (χ4v) is 3.34. The van der Waals surface area contributed by atoms with Crippen LogP contribution in [0.3, 0.4) is 0 Å². The zero-order valence-electron chi connectivity index (χ0n) is 15.4. The van der Waals surface area contributed by atoms with E-state index in [0.717, 1.165) is 12.1 Å². The molecule has 156 valence electrons. The molecule has 1 amide bonds. The first-order valence-electron chi connectivity index (χ1n) is 8.67.